The second-order valence-corrected chi connectivity index (χ2v) is 5.85. The molecule has 0 aliphatic heterocycles. The molecule has 0 aliphatic rings. The van der Waals surface area contributed by atoms with Crippen molar-refractivity contribution in [1.29, 1.82) is 0 Å². The summed E-state index contributed by atoms with van der Waals surface area (Å²) in [7, 11) is 0. The van der Waals surface area contributed by atoms with Gasteiger partial charge >= 0.3 is 0 Å². The Morgan fingerprint density at radius 2 is 2.04 bits per heavy atom. The number of aryl methyl sites for hydroxylation is 2. The minimum Gasteiger partial charge on any atom is -0.364 e. The van der Waals surface area contributed by atoms with E-state index in [1.807, 2.05) is 38.1 Å². The van der Waals surface area contributed by atoms with E-state index in [2.05, 4.69) is 30.8 Å². The summed E-state index contributed by atoms with van der Waals surface area (Å²) in [5, 5.41) is 15.0. The van der Waals surface area contributed by atoms with Gasteiger partial charge in [-0.25, -0.2) is 0 Å². The van der Waals surface area contributed by atoms with Crippen molar-refractivity contribution in [3.8, 4) is 0 Å². The predicted octanol–water partition coefficient (Wildman–Crippen LogP) is 3.89. The van der Waals surface area contributed by atoms with Crippen LogP contribution in [0.15, 0.2) is 42.9 Å². The SMILES string of the molecule is Cc1cc(C)c(Nc2nncc(NCc3cccnc3)n2)c(Cl)c1. The Morgan fingerprint density at radius 3 is 2.79 bits per heavy atom. The molecule has 7 heteroatoms. The van der Waals surface area contributed by atoms with Crippen LogP contribution < -0.4 is 10.6 Å². The second-order valence-electron chi connectivity index (χ2n) is 5.44. The highest BCUT2D eigenvalue weighted by Crippen LogP contribution is 2.29. The van der Waals surface area contributed by atoms with E-state index in [4.69, 9.17) is 11.6 Å². The van der Waals surface area contributed by atoms with Gasteiger partial charge in [0.25, 0.3) is 0 Å². The average molecular weight is 341 g/mol. The van der Waals surface area contributed by atoms with E-state index in [-0.39, 0.29) is 0 Å². The van der Waals surface area contributed by atoms with Crippen LogP contribution in [0.5, 0.6) is 0 Å². The second kappa shape index (κ2) is 7.23. The molecule has 0 fully saturated rings. The van der Waals surface area contributed by atoms with Crippen molar-refractivity contribution in [3.05, 3.63) is 64.6 Å². The molecule has 0 atom stereocenters. The predicted molar refractivity (Wildman–Crippen MR) is 95.6 cm³/mol. The molecular formula is C17H17ClN6. The minimum absolute atomic E-state index is 0.389. The van der Waals surface area contributed by atoms with E-state index in [0.29, 0.717) is 23.3 Å². The van der Waals surface area contributed by atoms with Gasteiger partial charge in [0, 0.05) is 18.9 Å². The number of benzene rings is 1. The van der Waals surface area contributed by atoms with Gasteiger partial charge in [0.15, 0.2) is 5.82 Å². The minimum atomic E-state index is 0.389. The molecule has 0 spiro atoms. The van der Waals surface area contributed by atoms with Crippen LogP contribution in [0.2, 0.25) is 5.02 Å². The largest absolute Gasteiger partial charge is 0.364 e. The van der Waals surface area contributed by atoms with Gasteiger partial charge in [0.2, 0.25) is 5.95 Å². The third kappa shape index (κ3) is 3.97. The number of hydrogen-bond acceptors (Lipinski definition) is 6. The first-order valence-corrected chi connectivity index (χ1v) is 7.86. The van der Waals surface area contributed by atoms with E-state index < -0.39 is 0 Å². The van der Waals surface area contributed by atoms with Crippen molar-refractivity contribution >= 4 is 29.1 Å². The molecule has 1 aromatic carbocycles. The maximum Gasteiger partial charge on any atom is 0.249 e. The molecule has 3 aromatic rings. The summed E-state index contributed by atoms with van der Waals surface area (Å²) >= 11 is 6.30. The Kier molecular flexibility index (Phi) is 4.86. The number of hydrogen-bond donors (Lipinski definition) is 2. The molecular weight excluding hydrogens is 324 g/mol. The van der Waals surface area contributed by atoms with Crippen LogP contribution in [0.25, 0.3) is 0 Å². The van der Waals surface area contributed by atoms with E-state index >= 15 is 0 Å². The van der Waals surface area contributed by atoms with Crippen molar-refractivity contribution in [2.75, 3.05) is 10.6 Å². The van der Waals surface area contributed by atoms with E-state index in [9.17, 15) is 0 Å². The van der Waals surface area contributed by atoms with Gasteiger partial charge < -0.3 is 10.6 Å². The first kappa shape index (κ1) is 16.1. The Labute approximate surface area is 145 Å². The molecule has 2 heterocycles. The molecule has 122 valence electrons. The fourth-order valence-electron chi connectivity index (χ4n) is 2.32. The van der Waals surface area contributed by atoms with Gasteiger partial charge in [0.1, 0.15) is 0 Å². The number of aromatic nitrogens is 4. The van der Waals surface area contributed by atoms with Gasteiger partial charge in [-0.15, -0.1) is 5.10 Å². The summed E-state index contributed by atoms with van der Waals surface area (Å²) in [6.07, 6.45) is 5.12. The highest BCUT2D eigenvalue weighted by molar-refractivity contribution is 6.33. The lowest BCUT2D eigenvalue weighted by Gasteiger charge is -2.12. The summed E-state index contributed by atoms with van der Waals surface area (Å²) in [6.45, 7) is 4.60. The lowest BCUT2D eigenvalue weighted by molar-refractivity contribution is 0.963. The van der Waals surface area contributed by atoms with Crippen molar-refractivity contribution in [2.45, 2.75) is 20.4 Å². The van der Waals surface area contributed by atoms with Crippen LogP contribution >= 0.6 is 11.6 Å². The van der Waals surface area contributed by atoms with Crippen LogP contribution in [-0.2, 0) is 6.54 Å². The van der Waals surface area contributed by atoms with Crippen LogP contribution in [0.1, 0.15) is 16.7 Å². The summed E-state index contributed by atoms with van der Waals surface area (Å²) < 4.78 is 0. The molecule has 3 rings (SSSR count). The Hall–Kier alpha value is -2.73. The normalized spacial score (nSPS) is 10.5. The molecule has 0 aliphatic carbocycles. The summed E-state index contributed by atoms with van der Waals surface area (Å²) in [6, 6.07) is 7.83. The smallest absolute Gasteiger partial charge is 0.249 e. The summed E-state index contributed by atoms with van der Waals surface area (Å²) in [4.78, 5) is 8.49. The monoisotopic (exact) mass is 340 g/mol. The van der Waals surface area contributed by atoms with Crippen molar-refractivity contribution in [1.82, 2.24) is 20.2 Å². The molecule has 24 heavy (non-hydrogen) atoms. The maximum atomic E-state index is 6.30. The van der Waals surface area contributed by atoms with Crippen LogP contribution in [0.4, 0.5) is 17.5 Å². The Bertz CT molecular complexity index is 814. The molecule has 0 saturated heterocycles. The zero-order valence-corrected chi connectivity index (χ0v) is 14.2. The number of rotatable bonds is 5. The number of nitrogens with one attached hydrogen (secondary N) is 2. The Balaban J connectivity index is 1.74. The fourth-order valence-corrected chi connectivity index (χ4v) is 2.69. The zero-order chi connectivity index (χ0) is 16.9. The van der Waals surface area contributed by atoms with Gasteiger partial charge in [-0.3, -0.25) is 4.98 Å². The highest BCUT2D eigenvalue weighted by atomic mass is 35.5. The lowest BCUT2D eigenvalue weighted by Crippen LogP contribution is -2.06. The standard InChI is InChI=1S/C17H17ClN6/c1-11-6-12(2)16(14(18)7-11)23-17-22-15(10-21-24-17)20-9-13-4-3-5-19-8-13/h3-8,10H,9H2,1-2H3,(H2,20,22,23,24). The molecule has 0 saturated carbocycles. The highest BCUT2D eigenvalue weighted by Gasteiger charge is 2.08. The third-order valence-electron chi connectivity index (χ3n) is 3.42. The van der Waals surface area contributed by atoms with Crippen LogP contribution in [-0.4, -0.2) is 20.2 Å². The van der Waals surface area contributed by atoms with Crippen molar-refractivity contribution < 1.29 is 0 Å². The molecule has 0 unspecified atom stereocenters. The van der Waals surface area contributed by atoms with Gasteiger partial charge in [-0.1, -0.05) is 23.7 Å². The van der Waals surface area contributed by atoms with E-state index in [0.717, 1.165) is 22.4 Å². The Morgan fingerprint density at radius 1 is 1.17 bits per heavy atom. The molecule has 0 bridgehead atoms. The summed E-state index contributed by atoms with van der Waals surface area (Å²) in [5.74, 6) is 1.01. The van der Waals surface area contributed by atoms with Crippen LogP contribution in [0, 0.1) is 13.8 Å². The first-order chi connectivity index (χ1) is 11.6. The van der Waals surface area contributed by atoms with Crippen molar-refractivity contribution in [3.63, 3.8) is 0 Å². The van der Waals surface area contributed by atoms with Crippen molar-refractivity contribution in [2.24, 2.45) is 0 Å². The molecule has 0 amide bonds. The fraction of sp³-hybridized carbons (Fsp3) is 0.176. The molecule has 0 radical (unpaired) electrons. The topological polar surface area (TPSA) is 75.6 Å². The number of anilines is 3. The van der Waals surface area contributed by atoms with E-state index in [1.165, 1.54) is 0 Å². The zero-order valence-electron chi connectivity index (χ0n) is 13.4. The van der Waals surface area contributed by atoms with Gasteiger partial charge in [-0.05, 0) is 42.7 Å². The van der Waals surface area contributed by atoms with Crippen LogP contribution in [0.3, 0.4) is 0 Å². The van der Waals surface area contributed by atoms with Gasteiger partial charge in [-0.2, -0.15) is 10.1 Å². The third-order valence-corrected chi connectivity index (χ3v) is 3.72. The maximum absolute atomic E-state index is 6.30. The molecule has 2 N–H and O–H groups in total. The number of nitrogens with zero attached hydrogens (tertiary/aromatic N) is 4. The average Bonchev–Trinajstić information content (AvgIpc) is 2.58. The number of halogens is 1. The first-order valence-electron chi connectivity index (χ1n) is 7.48. The number of pyridine rings is 1. The summed E-state index contributed by atoms with van der Waals surface area (Å²) in [5.41, 5.74) is 3.97. The quantitative estimate of drug-likeness (QED) is 0.733. The van der Waals surface area contributed by atoms with E-state index in [1.54, 1.807) is 18.6 Å². The lowest BCUT2D eigenvalue weighted by atomic mass is 10.1. The molecule has 6 nitrogen and oxygen atoms in total. The molecule has 2 aromatic heterocycles. The van der Waals surface area contributed by atoms with Gasteiger partial charge in [0.05, 0.1) is 16.9 Å².